The summed E-state index contributed by atoms with van der Waals surface area (Å²) in [7, 11) is 0. The highest BCUT2D eigenvalue weighted by Crippen LogP contribution is 2.21. The second-order valence-electron chi connectivity index (χ2n) is 2.97. The highest BCUT2D eigenvalue weighted by molar-refractivity contribution is 6.10. The second kappa shape index (κ2) is 2.84. The first-order valence-electron chi connectivity index (χ1n) is 3.85. The van der Waals surface area contributed by atoms with Gasteiger partial charge in [-0.15, -0.1) is 0 Å². The lowest BCUT2D eigenvalue weighted by Gasteiger charge is -2.21. The second-order valence-corrected chi connectivity index (χ2v) is 2.97. The van der Waals surface area contributed by atoms with E-state index in [0.717, 1.165) is 0 Å². The van der Waals surface area contributed by atoms with E-state index < -0.39 is 23.5 Å². The summed E-state index contributed by atoms with van der Waals surface area (Å²) in [6, 6.07) is -1.12. The number of rotatable bonds is 2. The molecule has 1 rings (SSSR count). The standard InChI is InChI=1S/C7H12N2O3/c1-2-3-7(12)4(8)5(10)9-6(7)11/h4,12H,2-3,8H2,1H3,(H,9,10,11). The molecule has 1 fully saturated rings. The summed E-state index contributed by atoms with van der Waals surface area (Å²) in [5.41, 5.74) is 3.66. The van der Waals surface area contributed by atoms with Gasteiger partial charge in [-0.1, -0.05) is 13.3 Å². The first-order valence-corrected chi connectivity index (χ1v) is 3.85. The molecular formula is C7H12N2O3. The Kier molecular flexibility index (Phi) is 2.16. The maximum absolute atomic E-state index is 11.0. The van der Waals surface area contributed by atoms with Crippen molar-refractivity contribution in [3.63, 3.8) is 0 Å². The van der Waals surface area contributed by atoms with Gasteiger partial charge in [0.25, 0.3) is 5.91 Å². The van der Waals surface area contributed by atoms with Gasteiger partial charge in [0.1, 0.15) is 6.04 Å². The first-order chi connectivity index (χ1) is 5.52. The zero-order chi connectivity index (χ0) is 9.35. The smallest absolute Gasteiger partial charge is 0.260 e. The summed E-state index contributed by atoms with van der Waals surface area (Å²) in [5, 5.41) is 11.6. The number of hydrogen-bond acceptors (Lipinski definition) is 4. The van der Waals surface area contributed by atoms with Crippen LogP contribution >= 0.6 is 0 Å². The minimum atomic E-state index is -1.69. The van der Waals surface area contributed by atoms with Crippen LogP contribution in [0.1, 0.15) is 19.8 Å². The van der Waals surface area contributed by atoms with E-state index in [1.165, 1.54) is 0 Å². The topological polar surface area (TPSA) is 92.4 Å². The molecule has 68 valence electrons. The molecule has 1 heterocycles. The Morgan fingerprint density at radius 3 is 2.58 bits per heavy atom. The lowest BCUT2D eigenvalue weighted by molar-refractivity contribution is -0.136. The zero-order valence-electron chi connectivity index (χ0n) is 6.83. The SMILES string of the molecule is CCCC1(O)C(=O)NC(=O)C1N. The van der Waals surface area contributed by atoms with Crippen LogP contribution in [-0.2, 0) is 9.59 Å². The van der Waals surface area contributed by atoms with Crippen LogP contribution in [0, 0.1) is 0 Å². The van der Waals surface area contributed by atoms with E-state index >= 15 is 0 Å². The van der Waals surface area contributed by atoms with E-state index in [4.69, 9.17) is 5.73 Å². The number of nitrogens with two attached hydrogens (primary N) is 1. The molecule has 12 heavy (non-hydrogen) atoms. The number of nitrogens with one attached hydrogen (secondary N) is 1. The van der Waals surface area contributed by atoms with Crippen molar-refractivity contribution in [1.29, 1.82) is 0 Å². The van der Waals surface area contributed by atoms with Gasteiger partial charge < -0.3 is 10.8 Å². The van der Waals surface area contributed by atoms with Gasteiger partial charge in [-0.2, -0.15) is 0 Å². The molecule has 0 spiro atoms. The van der Waals surface area contributed by atoms with E-state index in [2.05, 4.69) is 0 Å². The van der Waals surface area contributed by atoms with Gasteiger partial charge in [0.05, 0.1) is 0 Å². The number of hydrogen-bond donors (Lipinski definition) is 3. The molecule has 0 aromatic carbocycles. The first kappa shape index (κ1) is 9.15. The van der Waals surface area contributed by atoms with Crippen molar-refractivity contribution in [3.05, 3.63) is 0 Å². The molecule has 2 atom stereocenters. The highest BCUT2D eigenvalue weighted by atomic mass is 16.3. The minimum Gasteiger partial charge on any atom is -0.378 e. The van der Waals surface area contributed by atoms with Gasteiger partial charge >= 0.3 is 0 Å². The van der Waals surface area contributed by atoms with Gasteiger partial charge in [0, 0.05) is 0 Å². The number of aliphatic hydroxyl groups is 1. The predicted molar refractivity (Wildman–Crippen MR) is 41.0 cm³/mol. The van der Waals surface area contributed by atoms with Crippen LogP contribution in [0.2, 0.25) is 0 Å². The van der Waals surface area contributed by atoms with Gasteiger partial charge in [-0.05, 0) is 6.42 Å². The Balaban J connectivity index is 2.87. The highest BCUT2D eigenvalue weighted by Gasteiger charge is 2.51. The van der Waals surface area contributed by atoms with Crippen molar-refractivity contribution < 1.29 is 14.7 Å². The molecule has 0 aromatic heterocycles. The van der Waals surface area contributed by atoms with Gasteiger partial charge in [-0.3, -0.25) is 14.9 Å². The Morgan fingerprint density at radius 2 is 2.25 bits per heavy atom. The number of imide groups is 1. The molecule has 5 nitrogen and oxygen atoms in total. The van der Waals surface area contributed by atoms with E-state index in [1.54, 1.807) is 6.92 Å². The van der Waals surface area contributed by atoms with Crippen molar-refractivity contribution in [2.24, 2.45) is 5.73 Å². The van der Waals surface area contributed by atoms with Crippen LogP contribution in [0.3, 0.4) is 0 Å². The molecule has 0 aliphatic carbocycles. The van der Waals surface area contributed by atoms with Crippen LogP contribution in [0.15, 0.2) is 0 Å². The molecule has 0 aromatic rings. The monoisotopic (exact) mass is 172 g/mol. The molecule has 1 aliphatic heterocycles. The Labute approximate surface area is 69.9 Å². The average Bonchev–Trinajstić information content (AvgIpc) is 2.17. The third-order valence-electron chi connectivity index (χ3n) is 2.06. The fraction of sp³-hybridized carbons (Fsp3) is 0.714. The Hall–Kier alpha value is -0.940. The molecular weight excluding hydrogens is 160 g/mol. The van der Waals surface area contributed by atoms with E-state index in [-0.39, 0.29) is 6.42 Å². The Bertz CT molecular complexity index is 229. The third-order valence-corrected chi connectivity index (χ3v) is 2.06. The van der Waals surface area contributed by atoms with Crippen molar-refractivity contribution >= 4 is 11.8 Å². The van der Waals surface area contributed by atoms with Gasteiger partial charge in [0.15, 0.2) is 5.60 Å². The van der Waals surface area contributed by atoms with E-state index in [1.807, 2.05) is 5.32 Å². The summed E-state index contributed by atoms with van der Waals surface area (Å²) in [6.07, 6.45) is 0.816. The zero-order valence-corrected chi connectivity index (χ0v) is 6.83. The third kappa shape index (κ3) is 1.11. The van der Waals surface area contributed by atoms with Crippen molar-refractivity contribution in [2.75, 3.05) is 0 Å². The van der Waals surface area contributed by atoms with Crippen molar-refractivity contribution in [2.45, 2.75) is 31.4 Å². The normalized spacial score (nSPS) is 35.4. The number of carbonyl (C=O) groups is 2. The largest absolute Gasteiger partial charge is 0.378 e. The molecule has 4 N–H and O–H groups in total. The lowest BCUT2D eigenvalue weighted by atomic mass is 9.92. The summed E-state index contributed by atoms with van der Waals surface area (Å²) in [6.45, 7) is 1.81. The molecule has 0 saturated carbocycles. The molecule has 0 bridgehead atoms. The minimum absolute atomic E-state index is 0.214. The van der Waals surface area contributed by atoms with Gasteiger partial charge in [0.2, 0.25) is 5.91 Å². The van der Waals surface area contributed by atoms with E-state index in [0.29, 0.717) is 6.42 Å². The molecule has 5 heteroatoms. The van der Waals surface area contributed by atoms with Crippen LogP contribution in [0.25, 0.3) is 0 Å². The fourth-order valence-electron chi connectivity index (χ4n) is 1.31. The maximum Gasteiger partial charge on any atom is 0.260 e. The number of carbonyl (C=O) groups excluding carboxylic acids is 2. The summed E-state index contributed by atoms with van der Waals surface area (Å²) >= 11 is 0. The summed E-state index contributed by atoms with van der Waals surface area (Å²) in [5.74, 6) is -1.28. The molecule has 1 saturated heterocycles. The van der Waals surface area contributed by atoms with Crippen LogP contribution in [-0.4, -0.2) is 28.6 Å². The summed E-state index contributed by atoms with van der Waals surface area (Å²) in [4.78, 5) is 21.9. The molecule has 2 unspecified atom stereocenters. The van der Waals surface area contributed by atoms with Crippen LogP contribution in [0.4, 0.5) is 0 Å². The maximum atomic E-state index is 11.0. The molecule has 0 radical (unpaired) electrons. The van der Waals surface area contributed by atoms with Crippen molar-refractivity contribution in [1.82, 2.24) is 5.32 Å². The summed E-state index contributed by atoms with van der Waals surface area (Å²) < 4.78 is 0. The van der Waals surface area contributed by atoms with Crippen LogP contribution < -0.4 is 11.1 Å². The fourth-order valence-corrected chi connectivity index (χ4v) is 1.31. The lowest BCUT2D eigenvalue weighted by Crippen LogP contribution is -2.50. The van der Waals surface area contributed by atoms with Gasteiger partial charge in [-0.25, -0.2) is 0 Å². The predicted octanol–water partition coefficient (Wildman–Crippen LogP) is -1.50. The van der Waals surface area contributed by atoms with Crippen LogP contribution in [0.5, 0.6) is 0 Å². The Morgan fingerprint density at radius 1 is 1.67 bits per heavy atom. The quantitative estimate of drug-likeness (QED) is 0.442. The average molecular weight is 172 g/mol. The van der Waals surface area contributed by atoms with E-state index in [9.17, 15) is 14.7 Å². The van der Waals surface area contributed by atoms with Crippen molar-refractivity contribution in [3.8, 4) is 0 Å². The molecule has 2 amide bonds. The number of amides is 2. The molecule has 1 aliphatic rings.